The molecule has 0 saturated heterocycles. The van der Waals surface area contributed by atoms with E-state index in [-0.39, 0.29) is 6.04 Å². The van der Waals surface area contributed by atoms with E-state index in [1.807, 2.05) is 0 Å². The van der Waals surface area contributed by atoms with Crippen molar-refractivity contribution in [3.8, 4) is 0 Å². The molecule has 0 bridgehead atoms. The van der Waals surface area contributed by atoms with Crippen molar-refractivity contribution < 1.29 is 0 Å². The van der Waals surface area contributed by atoms with Crippen LogP contribution < -0.4 is 0 Å². The number of rotatable bonds is 1. The van der Waals surface area contributed by atoms with Crippen molar-refractivity contribution in [1.82, 2.24) is 0 Å². The molecule has 11 heavy (non-hydrogen) atoms. The third-order valence-electron chi connectivity index (χ3n) is 1.72. The van der Waals surface area contributed by atoms with Crippen molar-refractivity contribution in [2.45, 2.75) is 19.9 Å². The average Bonchev–Trinajstić information content (AvgIpc) is 2.40. The highest BCUT2D eigenvalue weighted by Gasteiger charge is 2.24. The molecule has 0 fully saturated rings. The molecule has 1 atom stereocenters. The van der Waals surface area contributed by atoms with Gasteiger partial charge in [-0.15, -0.1) is 0 Å². The average molecular weight is 166 g/mol. The maximum atomic E-state index is 4.45. The van der Waals surface area contributed by atoms with Gasteiger partial charge in [0, 0.05) is 5.92 Å². The summed E-state index contributed by atoms with van der Waals surface area (Å²) >= 11 is 1.69. The first-order chi connectivity index (χ1) is 5.27. The molecule has 0 saturated carbocycles. The topological polar surface area (TPSA) is 24.7 Å². The molecule has 2 rings (SSSR count). The zero-order valence-electron chi connectivity index (χ0n) is 6.61. The smallest absolute Gasteiger partial charge is 0.127 e. The van der Waals surface area contributed by atoms with Gasteiger partial charge in [0.15, 0.2) is 0 Å². The summed E-state index contributed by atoms with van der Waals surface area (Å²) in [6, 6.07) is 0.261. The number of thioether (sulfide) groups is 1. The van der Waals surface area contributed by atoms with Gasteiger partial charge in [-0.2, -0.15) is 0 Å². The summed E-state index contributed by atoms with van der Waals surface area (Å²) in [4.78, 5) is 8.87. The minimum Gasteiger partial charge on any atom is -0.256 e. The molecular formula is C8H10N2S. The molecule has 2 nitrogen and oxygen atoms in total. The summed E-state index contributed by atoms with van der Waals surface area (Å²) < 4.78 is 0. The minimum atomic E-state index is 0.261. The Labute approximate surface area is 70.5 Å². The summed E-state index contributed by atoms with van der Waals surface area (Å²) in [6.07, 6.45) is 2.10. The number of aliphatic imine (C=N–C) groups is 2. The number of nitrogens with zero attached hydrogens (tertiary/aromatic N) is 2. The lowest BCUT2D eigenvalue weighted by Gasteiger charge is -1.98. The van der Waals surface area contributed by atoms with E-state index in [2.05, 4.69) is 35.3 Å². The second-order valence-corrected chi connectivity index (χ2v) is 3.91. The molecule has 2 aliphatic heterocycles. The molecule has 0 aromatic rings. The molecular weight excluding hydrogens is 156 g/mol. The lowest BCUT2D eigenvalue weighted by molar-refractivity contribution is 0.869. The normalized spacial score (nSPS) is 27.4. The number of amidine groups is 1. The number of hydrogen-bond donors (Lipinski definition) is 0. The predicted octanol–water partition coefficient (Wildman–Crippen LogP) is 2.08. The Bertz CT molecular complexity index is 263. The molecule has 0 amide bonds. The Morgan fingerprint density at radius 1 is 1.55 bits per heavy atom. The summed E-state index contributed by atoms with van der Waals surface area (Å²) in [5, 5.41) is 3.21. The minimum absolute atomic E-state index is 0.261. The van der Waals surface area contributed by atoms with Crippen LogP contribution in [0.3, 0.4) is 0 Å². The van der Waals surface area contributed by atoms with Gasteiger partial charge in [-0.3, -0.25) is 4.99 Å². The lowest BCUT2D eigenvalue weighted by atomic mass is 10.2. The first-order valence-electron chi connectivity index (χ1n) is 3.77. The van der Waals surface area contributed by atoms with Gasteiger partial charge in [0.2, 0.25) is 0 Å². The maximum absolute atomic E-state index is 4.45. The van der Waals surface area contributed by atoms with E-state index in [1.54, 1.807) is 11.8 Å². The monoisotopic (exact) mass is 166 g/mol. The van der Waals surface area contributed by atoms with Crippen molar-refractivity contribution in [1.29, 1.82) is 0 Å². The fraction of sp³-hybridized carbons (Fsp3) is 0.500. The molecule has 1 unspecified atom stereocenters. The van der Waals surface area contributed by atoms with Gasteiger partial charge >= 0.3 is 0 Å². The second kappa shape index (κ2) is 2.48. The Kier molecular flexibility index (Phi) is 1.60. The highest BCUT2D eigenvalue weighted by molar-refractivity contribution is 8.17. The van der Waals surface area contributed by atoms with Crippen LogP contribution in [0.4, 0.5) is 0 Å². The predicted molar refractivity (Wildman–Crippen MR) is 50.2 cm³/mol. The largest absolute Gasteiger partial charge is 0.256 e. The summed E-state index contributed by atoms with van der Waals surface area (Å²) in [5.41, 5.74) is 0. The third kappa shape index (κ3) is 1.13. The SMILES string of the molecule is CC(C)C1=NC2C=CSC2=N1. The summed E-state index contributed by atoms with van der Waals surface area (Å²) in [7, 11) is 0. The van der Waals surface area contributed by atoms with Crippen molar-refractivity contribution in [2.24, 2.45) is 15.9 Å². The quantitative estimate of drug-likeness (QED) is 0.585. The first-order valence-corrected chi connectivity index (χ1v) is 4.65. The van der Waals surface area contributed by atoms with E-state index in [0.717, 1.165) is 10.9 Å². The van der Waals surface area contributed by atoms with Crippen LogP contribution >= 0.6 is 11.8 Å². The third-order valence-corrected chi connectivity index (χ3v) is 2.58. The zero-order valence-corrected chi connectivity index (χ0v) is 7.43. The standard InChI is InChI=1S/C8H10N2S/c1-5(2)7-9-6-3-4-11-8(6)10-7/h3-6H,1-2H3. The second-order valence-electron chi connectivity index (χ2n) is 2.98. The van der Waals surface area contributed by atoms with Gasteiger partial charge in [-0.1, -0.05) is 25.6 Å². The Balaban J connectivity index is 2.24. The Hall–Kier alpha value is -0.570. The van der Waals surface area contributed by atoms with Crippen LogP contribution in [-0.4, -0.2) is 16.9 Å². The van der Waals surface area contributed by atoms with E-state index in [1.165, 1.54) is 0 Å². The summed E-state index contributed by atoms with van der Waals surface area (Å²) in [5.74, 6) is 1.46. The Morgan fingerprint density at radius 2 is 2.36 bits per heavy atom. The molecule has 2 aliphatic rings. The number of hydrogen-bond acceptors (Lipinski definition) is 3. The van der Waals surface area contributed by atoms with Gasteiger partial charge in [-0.25, -0.2) is 4.99 Å². The molecule has 0 radical (unpaired) electrons. The van der Waals surface area contributed by atoms with Crippen molar-refractivity contribution in [3.63, 3.8) is 0 Å². The van der Waals surface area contributed by atoms with Gasteiger partial charge in [0.25, 0.3) is 0 Å². The molecule has 58 valence electrons. The molecule has 3 heteroatoms. The van der Waals surface area contributed by atoms with Gasteiger partial charge in [-0.05, 0) is 11.5 Å². The molecule has 0 aliphatic carbocycles. The van der Waals surface area contributed by atoms with Crippen molar-refractivity contribution in [2.75, 3.05) is 0 Å². The van der Waals surface area contributed by atoms with Crippen molar-refractivity contribution >= 4 is 22.6 Å². The maximum Gasteiger partial charge on any atom is 0.127 e. The van der Waals surface area contributed by atoms with E-state index < -0.39 is 0 Å². The van der Waals surface area contributed by atoms with Crippen LogP contribution in [0.5, 0.6) is 0 Å². The molecule has 2 heterocycles. The van der Waals surface area contributed by atoms with E-state index in [9.17, 15) is 0 Å². The highest BCUT2D eigenvalue weighted by atomic mass is 32.2. The molecule has 0 aromatic heterocycles. The van der Waals surface area contributed by atoms with Crippen LogP contribution in [0.15, 0.2) is 21.5 Å². The fourth-order valence-electron chi connectivity index (χ4n) is 1.09. The molecule has 0 spiro atoms. The van der Waals surface area contributed by atoms with Gasteiger partial charge in [0.1, 0.15) is 16.9 Å². The Morgan fingerprint density at radius 3 is 3.00 bits per heavy atom. The van der Waals surface area contributed by atoms with Crippen LogP contribution in [0, 0.1) is 5.92 Å². The van der Waals surface area contributed by atoms with Crippen LogP contribution in [0.2, 0.25) is 0 Å². The summed E-state index contributed by atoms with van der Waals surface area (Å²) in [6.45, 7) is 4.25. The van der Waals surface area contributed by atoms with Crippen molar-refractivity contribution in [3.05, 3.63) is 11.5 Å². The van der Waals surface area contributed by atoms with Crippen LogP contribution in [0.1, 0.15) is 13.8 Å². The van der Waals surface area contributed by atoms with E-state index >= 15 is 0 Å². The highest BCUT2D eigenvalue weighted by Crippen LogP contribution is 2.26. The van der Waals surface area contributed by atoms with Crippen LogP contribution in [-0.2, 0) is 0 Å². The zero-order chi connectivity index (χ0) is 7.84. The van der Waals surface area contributed by atoms with Crippen LogP contribution in [0.25, 0.3) is 0 Å². The van der Waals surface area contributed by atoms with Gasteiger partial charge in [0.05, 0.1) is 0 Å². The molecule has 0 aromatic carbocycles. The fourth-order valence-corrected chi connectivity index (χ4v) is 1.87. The lowest BCUT2D eigenvalue weighted by Crippen LogP contribution is -2.02. The van der Waals surface area contributed by atoms with E-state index in [0.29, 0.717) is 5.92 Å². The number of fused-ring (bicyclic) bond motifs is 1. The first kappa shape index (κ1) is 7.10. The van der Waals surface area contributed by atoms with E-state index in [4.69, 9.17) is 0 Å². The van der Waals surface area contributed by atoms with Gasteiger partial charge < -0.3 is 0 Å². The molecule has 0 N–H and O–H groups in total.